The van der Waals surface area contributed by atoms with E-state index >= 15 is 0 Å². The topological polar surface area (TPSA) is 9.23 Å². The first kappa shape index (κ1) is 17.2. The minimum Gasteiger partial charge on any atom is -0.375 e. The lowest BCUT2D eigenvalue weighted by Gasteiger charge is -2.31. The molecule has 0 spiro atoms. The van der Waals surface area contributed by atoms with Gasteiger partial charge in [-0.2, -0.15) is 0 Å². The Morgan fingerprint density at radius 2 is 1.88 bits per heavy atom. The Morgan fingerprint density at radius 1 is 1.24 bits per heavy atom. The molecule has 1 nitrogen and oxygen atoms in total. The third-order valence-electron chi connectivity index (χ3n) is 3.54. The lowest BCUT2D eigenvalue weighted by Crippen LogP contribution is -2.31. The van der Waals surface area contributed by atoms with Crippen LogP contribution in [0, 0.1) is 0 Å². The van der Waals surface area contributed by atoms with Crippen LogP contribution in [-0.2, 0) is 4.74 Å². The van der Waals surface area contributed by atoms with Crippen LogP contribution in [0.2, 0.25) is 0 Å². The molecule has 0 saturated heterocycles. The molecule has 0 aromatic heterocycles. The van der Waals surface area contributed by atoms with Gasteiger partial charge in [0.05, 0.1) is 5.60 Å². The van der Waals surface area contributed by atoms with Gasteiger partial charge in [0.1, 0.15) is 0 Å². The lowest BCUT2D eigenvalue weighted by molar-refractivity contribution is -0.0523. The van der Waals surface area contributed by atoms with Crippen LogP contribution in [0.5, 0.6) is 0 Å². The first-order valence-corrected chi connectivity index (χ1v) is 8.11. The Balaban J connectivity index is 4.05. The van der Waals surface area contributed by atoms with Gasteiger partial charge in [-0.05, 0) is 52.4 Å². The Hall–Kier alpha value is 0.180. The van der Waals surface area contributed by atoms with E-state index < -0.39 is 0 Å². The van der Waals surface area contributed by atoms with Gasteiger partial charge >= 0.3 is 0 Å². The van der Waals surface area contributed by atoms with Crippen LogP contribution in [-0.4, -0.2) is 17.5 Å². The highest BCUT2D eigenvalue weighted by Gasteiger charge is 2.25. The highest BCUT2D eigenvalue weighted by atomic mass is 79.9. The molecule has 0 saturated carbocycles. The van der Waals surface area contributed by atoms with Crippen LogP contribution < -0.4 is 0 Å². The van der Waals surface area contributed by atoms with Gasteiger partial charge in [-0.3, -0.25) is 0 Å². The zero-order valence-electron chi connectivity index (χ0n) is 12.0. The maximum atomic E-state index is 5.96. The quantitative estimate of drug-likeness (QED) is 0.383. The molecule has 0 aromatic rings. The predicted octanol–water partition coefficient (Wildman–Crippen LogP) is 5.48. The fourth-order valence-corrected chi connectivity index (χ4v) is 2.51. The minimum atomic E-state index is 0.129. The number of ether oxygens (including phenoxy) is 1. The fraction of sp³-hybridized carbons (Fsp3) is 0.867. The molecule has 0 aliphatic carbocycles. The van der Waals surface area contributed by atoms with Crippen LogP contribution in [0.15, 0.2) is 11.6 Å². The minimum absolute atomic E-state index is 0.129. The van der Waals surface area contributed by atoms with Crippen LogP contribution >= 0.6 is 15.9 Å². The number of hydrogen-bond acceptors (Lipinski definition) is 1. The molecule has 2 heteroatoms. The molecule has 0 heterocycles. The van der Waals surface area contributed by atoms with E-state index in [1.54, 1.807) is 0 Å². The summed E-state index contributed by atoms with van der Waals surface area (Å²) >= 11 is 3.46. The molecule has 0 amide bonds. The summed E-state index contributed by atoms with van der Waals surface area (Å²) in [5.74, 6) is 0. The van der Waals surface area contributed by atoms with E-state index in [-0.39, 0.29) is 5.60 Å². The third-order valence-corrected chi connectivity index (χ3v) is 4.00. The molecule has 0 aromatic carbocycles. The highest BCUT2D eigenvalue weighted by molar-refractivity contribution is 9.09. The number of allylic oxidation sites excluding steroid dienone is 2. The molecule has 0 N–H and O–H groups in total. The average molecular weight is 305 g/mol. The van der Waals surface area contributed by atoms with Gasteiger partial charge in [0, 0.05) is 11.9 Å². The van der Waals surface area contributed by atoms with E-state index in [9.17, 15) is 0 Å². The van der Waals surface area contributed by atoms with Crippen molar-refractivity contribution >= 4 is 15.9 Å². The molecular weight excluding hydrogens is 276 g/mol. The van der Waals surface area contributed by atoms with E-state index in [2.05, 4.69) is 49.7 Å². The maximum absolute atomic E-state index is 5.96. The predicted molar refractivity (Wildman–Crippen MR) is 81.0 cm³/mol. The van der Waals surface area contributed by atoms with Crippen molar-refractivity contribution in [2.75, 3.05) is 11.9 Å². The Labute approximate surface area is 116 Å². The van der Waals surface area contributed by atoms with Crippen molar-refractivity contribution in [3.63, 3.8) is 0 Å². The molecule has 102 valence electrons. The summed E-state index contributed by atoms with van der Waals surface area (Å²) in [5.41, 5.74) is 1.65. The lowest BCUT2D eigenvalue weighted by atomic mass is 9.90. The van der Waals surface area contributed by atoms with Crippen LogP contribution in [0.25, 0.3) is 0 Å². The summed E-state index contributed by atoms with van der Waals surface area (Å²) in [7, 11) is 0. The van der Waals surface area contributed by atoms with Crippen molar-refractivity contribution in [3.05, 3.63) is 11.6 Å². The third kappa shape index (κ3) is 7.25. The van der Waals surface area contributed by atoms with Crippen molar-refractivity contribution < 1.29 is 4.74 Å². The molecule has 17 heavy (non-hydrogen) atoms. The fourth-order valence-electron chi connectivity index (χ4n) is 2.28. The van der Waals surface area contributed by atoms with Gasteiger partial charge < -0.3 is 4.74 Å². The van der Waals surface area contributed by atoms with Crippen LogP contribution in [0.3, 0.4) is 0 Å². The van der Waals surface area contributed by atoms with Crippen molar-refractivity contribution in [1.29, 1.82) is 0 Å². The van der Waals surface area contributed by atoms with E-state index in [0.29, 0.717) is 0 Å². The monoisotopic (exact) mass is 304 g/mol. The van der Waals surface area contributed by atoms with Crippen molar-refractivity contribution in [2.24, 2.45) is 0 Å². The Kier molecular flexibility index (Phi) is 10.2. The summed E-state index contributed by atoms with van der Waals surface area (Å²) in [4.78, 5) is 0. The number of hydrogen-bond donors (Lipinski definition) is 0. The van der Waals surface area contributed by atoms with E-state index in [1.807, 2.05) is 0 Å². The summed E-state index contributed by atoms with van der Waals surface area (Å²) in [5, 5.41) is 1.07. The van der Waals surface area contributed by atoms with Gasteiger partial charge in [0.15, 0.2) is 0 Å². The highest BCUT2D eigenvalue weighted by Crippen LogP contribution is 2.27. The number of rotatable bonds is 10. The molecule has 0 unspecified atom stereocenters. The average Bonchev–Trinajstić information content (AvgIpc) is 2.35. The Morgan fingerprint density at radius 3 is 2.35 bits per heavy atom. The molecule has 0 aliphatic heterocycles. The molecule has 0 atom stereocenters. The smallest absolute Gasteiger partial charge is 0.0677 e. The van der Waals surface area contributed by atoms with Gasteiger partial charge in [-0.25, -0.2) is 0 Å². The van der Waals surface area contributed by atoms with Gasteiger partial charge in [-0.1, -0.05) is 41.4 Å². The number of alkyl halides is 1. The SMILES string of the molecule is CCOC(CC)(CC)CCC/C(C)=C/CCBr. The van der Waals surface area contributed by atoms with Gasteiger partial charge in [-0.15, -0.1) is 0 Å². The molecule has 0 bridgehead atoms. The molecule has 0 fully saturated rings. The van der Waals surface area contributed by atoms with Gasteiger partial charge in [0.25, 0.3) is 0 Å². The summed E-state index contributed by atoms with van der Waals surface area (Å²) in [6, 6.07) is 0. The zero-order valence-corrected chi connectivity index (χ0v) is 13.6. The second-order valence-corrected chi connectivity index (χ2v) is 5.50. The van der Waals surface area contributed by atoms with E-state index in [0.717, 1.165) is 31.2 Å². The van der Waals surface area contributed by atoms with Gasteiger partial charge in [0.2, 0.25) is 0 Å². The molecule has 0 aliphatic rings. The summed E-state index contributed by atoms with van der Waals surface area (Å²) < 4.78 is 5.96. The number of halogens is 1. The second-order valence-electron chi connectivity index (χ2n) is 4.70. The van der Waals surface area contributed by atoms with E-state index in [4.69, 9.17) is 4.74 Å². The van der Waals surface area contributed by atoms with Crippen LogP contribution in [0.4, 0.5) is 0 Å². The maximum Gasteiger partial charge on any atom is 0.0677 e. The normalized spacial score (nSPS) is 13.1. The van der Waals surface area contributed by atoms with Crippen LogP contribution in [0.1, 0.15) is 66.2 Å². The van der Waals surface area contributed by atoms with E-state index in [1.165, 1.54) is 24.8 Å². The summed E-state index contributed by atoms with van der Waals surface area (Å²) in [6.45, 7) is 9.66. The second kappa shape index (κ2) is 10.1. The standard InChI is InChI=1S/C15H29BrO/c1-5-15(6-2,17-7-3)12-8-10-14(4)11-9-13-16/h11H,5-10,12-13H2,1-4H3/b14-11+. The zero-order chi connectivity index (χ0) is 13.1. The summed E-state index contributed by atoms with van der Waals surface area (Å²) in [6.07, 6.45) is 9.38. The first-order chi connectivity index (χ1) is 8.14. The van der Waals surface area contributed by atoms with Crippen molar-refractivity contribution in [2.45, 2.75) is 71.8 Å². The molecular formula is C15H29BrO. The first-order valence-electron chi connectivity index (χ1n) is 6.99. The van der Waals surface area contributed by atoms with Crippen molar-refractivity contribution in [3.8, 4) is 0 Å². The molecule has 0 radical (unpaired) electrons. The van der Waals surface area contributed by atoms with Crippen molar-refractivity contribution in [1.82, 2.24) is 0 Å². The largest absolute Gasteiger partial charge is 0.375 e. The molecule has 0 rings (SSSR count). The Bertz CT molecular complexity index is 207.